The summed E-state index contributed by atoms with van der Waals surface area (Å²) in [6.07, 6.45) is 0. The molecule has 0 saturated carbocycles. The van der Waals surface area contributed by atoms with Crippen molar-refractivity contribution in [1.29, 1.82) is 0 Å². The first-order valence-electron chi connectivity index (χ1n) is 4.44. The van der Waals surface area contributed by atoms with Gasteiger partial charge < -0.3 is 10.2 Å². The first-order valence-corrected chi connectivity index (χ1v) is 6.02. The van der Waals surface area contributed by atoms with Crippen LogP contribution in [0, 0.1) is 0 Å². The fourth-order valence-electron chi connectivity index (χ4n) is 1.07. The summed E-state index contributed by atoms with van der Waals surface area (Å²) >= 11 is 7.02. The van der Waals surface area contributed by atoms with Gasteiger partial charge in [0.15, 0.2) is 0 Å². The highest BCUT2D eigenvalue weighted by Gasteiger charge is 2.02. The number of hydrogen-bond acceptors (Lipinski definition) is 2. The largest absolute Gasteiger partial charge is 0.382 e. The average Bonchev–Trinajstić information content (AvgIpc) is 2.09. The summed E-state index contributed by atoms with van der Waals surface area (Å²) in [6, 6.07) is 6.07. The number of benzene rings is 1. The number of halogens is 2. The maximum atomic E-state index is 3.51. The molecule has 0 amide bonds. The molecule has 0 atom stereocenters. The number of nitrogens with one attached hydrogen (secondary N) is 1. The molecule has 0 fully saturated rings. The van der Waals surface area contributed by atoms with Crippen molar-refractivity contribution in [2.24, 2.45) is 0 Å². The summed E-state index contributed by atoms with van der Waals surface area (Å²) in [5.41, 5.74) is 1.12. The van der Waals surface area contributed by atoms with Gasteiger partial charge in [-0.25, -0.2) is 0 Å². The fourth-order valence-corrected chi connectivity index (χ4v) is 2.35. The molecule has 0 bridgehead atoms. The molecule has 0 aliphatic heterocycles. The highest BCUT2D eigenvalue weighted by atomic mass is 79.9. The zero-order valence-electron chi connectivity index (χ0n) is 8.35. The van der Waals surface area contributed by atoms with Crippen LogP contribution in [0.5, 0.6) is 0 Å². The van der Waals surface area contributed by atoms with Gasteiger partial charge >= 0.3 is 0 Å². The van der Waals surface area contributed by atoms with Crippen LogP contribution < -0.4 is 5.32 Å². The minimum Gasteiger partial charge on any atom is -0.382 e. The normalized spacial score (nSPS) is 10.6. The Morgan fingerprint density at radius 2 is 1.79 bits per heavy atom. The maximum Gasteiger partial charge on any atom is 0.0629 e. The monoisotopic (exact) mass is 320 g/mol. The first kappa shape index (κ1) is 12.0. The van der Waals surface area contributed by atoms with Gasteiger partial charge in [0, 0.05) is 22.0 Å². The molecule has 0 aliphatic rings. The molecule has 0 heterocycles. The lowest BCUT2D eigenvalue weighted by Crippen LogP contribution is -2.21. The second kappa shape index (κ2) is 5.73. The van der Waals surface area contributed by atoms with Crippen LogP contribution in [0.4, 0.5) is 5.69 Å². The van der Waals surface area contributed by atoms with E-state index in [-0.39, 0.29) is 0 Å². The van der Waals surface area contributed by atoms with Crippen molar-refractivity contribution >= 4 is 37.5 Å². The number of para-hydroxylation sites is 1. The van der Waals surface area contributed by atoms with Gasteiger partial charge in [-0.05, 0) is 58.1 Å². The predicted octanol–water partition coefficient (Wildman–Crippen LogP) is 3.19. The van der Waals surface area contributed by atoms with Crippen molar-refractivity contribution in [2.75, 3.05) is 32.5 Å². The van der Waals surface area contributed by atoms with Crippen molar-refractivity contribution in [3.63, 3.8) is 0 Å². The molecular formula is C10H14Br2N2. The quantitative estimate of drug-likeness (QED) is 0.916. The van der Waals surface area contributed by atoms with Crippen LogP contribution in [0.3, 0.4) is 0 Å². The van der Waals surface area contributed by atoms with Gasteiger partial charge in [0.05, 0.1) is 5.69 Å². The second-order valence-electron chi connectivity index (χ2n) is 3.33. The molecule has 0 spiro atoms. The van der Waals surface area contributed by atoms with Crippen LogP contribution in [-0.4, -0.2) is 32.1 Å². The highest BCUT2D eigenvalue weighted by Crippen LogP contribution is 2.30. The Morgan fingerprint density at radius 1 is 1.21 bits per heavy atom. The van der Waals surface area contributed by atoms with E-state index in [4.69, 9.17) is 0 Å². The Hall–Kier alpha value is -0.0600. The van der Waals surface area contributed by atoms with E-state index in [0.717, 1.165) is 27.7 Å². The summed E-state index contributed by atoms with van der Waals surface area (Å²) in [7, 11) is 4.13. The van der Waals surface area contributed by atoms with E-state index in [0.29, 0.717) is 0 Å². The predicted molar refractivity (Wildman–Crippen MR) is 68.9 cm³/mol. The van der Waals surface area contributed by atoms with E-state index in [1.807, 2.05) is 18.2 Å². The summed E-state index contributed by atoms with van der Waals surface area (Å²) in [6.45, 7) is 1.96. The van der Waals surface area contributed by atoms with Gasteiger partial charge in [0.1, 0.15) is 0 Å². The van der Waals surface area contributed by atoms with E-state index >= 15 is 0 Å². The maximum absolute atomic E-state index is 3.51. The van der Waals surface area contributed by atoms with Crippen LogP contribution >= 0.6 is 31.9 Å². The van der Waals surface area contributed by atoms with Gasteiger partial charge in [-0.15, -0.1) is 0 Å². The van der Waals surface area contributed by atoms with Crippen molar-refractivity contribution in [2.45, 2.75) is 0 Å². The molecule has 0 aliphatic carbocycles. The zero-order valence-corrected chi connectivity index (χ0v) is 11.5. The van der Waals surface area contributed by atoms with Crippen LogP contribution in [-0.2, 0) is 0 Å². The van der Waals surface area contributed by atoms with Crippen molar-refractivity contribution in [3.8, 4) is 0 Å². The zero-order chi connectivity index (χ0) is 10.6. The molecule has 0 radical (unpaired) electrons. The number of nitrogens with zero attached hydrogens (tertiary/aromatic N) is 1. The van der Waals surface area contributed by atoms with Crippen LogP contribution in [0.15, 0.2) is 27.1 Å². The van der Waals surface area contributed by atoms with Crippen molar-refractivity contribution < 1.29 is 0 Å². The Labute approximate surface area is 102 Å². The molecule has 14 heavy (non-hydrogen) atoms. The van der Waals surface area contributed by atoms with Gasteiger partial charge in [-0.1, -0.05) is 6.07 Å². The fraction of sp³-hybridized carbons (Fsp3) is 0.400. The second-order valence-corrected chi connectivity index (χ2v) is 5.04. The van der Waals surface area contributed by atoms with Gasteiger partial charge in [0.2, 0.25) is 0 Å². The molecule has 1 aromatic rings. The third kappa shape index (κ3) is 3.59. The van der Waals surface area contributed by atoms with E-state index in [1.165, 1.54) is 0 Å². The first-order chi connectivity index (χ1) is 6.61. The molecule has 1 rings (SSSR count). The summed E-state index contributed by atoms with van der Waals surface area (Å²) in [5.74, 6) is 0. The van der Waals surface area contributed by atoms with E-state index in [1.54, 1.807) is 0 Å². The molecule has 4 heteroatoms. The molecular weight excluding hydrogens is 308 g/mol. The molecule has 1 N–H and O–H groups in total. The molecule has 0 unspecified atom stereocenters. The van der Waals surface area contributed by atoms with Crippen LogP contribution in [0.2, 0.25) is 0 Å². The Kier molecular flexibility index (Phi) is 4.92. The third-order valence-electron chi connectivity index (χ3n) is 1.82. The van der Waals surface area contributed by atoms with E-state index in [2.05, 4.69) is 56.2 Å². The van der Waals surface area contributed by atoms with Gasteiger partial charge in [-0.2, -0.15) is 0 Å². The lowest BCUT2D eigenvalue weighted by atomic mass is 10.3. The van der Waals surface area contributed by atoms with Crippen molar-refractivity contribution in [3.05, 3.63) is 27.1 Å². The Balaban J connectivity index is 2.58. The molecule has 0 saturated heterocycles. The third-order valence-corrected chi connectivity index (χ3v) is 3.15. The molecule has 0 aromatic heterocycles. The lowest BCUT2D eigenvalue weighted by Gasteiger charge is -2.13. The van der Waals surface area contributed by atoms with Gasteiger partial charge in [0.25, 0.3) is 0 Å². The minimum absolute atomic E-state index is 0.939. The topological polar surface area (TPSA) is 15.3 Å². The van der Waals surface area contributed by atoms with Gasteiger partial charge in [-0.3, -0.25) is 0 Å². The Morgan fingerprint density at radius 3 is 2.29 bits per heavy atom. The lowest BCUT2D eigenvalue weighted by molar-refractivity contribution is 0.425. The summed E-state index contributed by atoms with van der Waals surface area (Å²) in [4.78, 5) is 2.15. The van der Waals surface area contributed by atoms with Crippen LogP contribution in [0.25, 0.3) is 0 Å². The number of rotatable bonds is 4. The average molecular weight is 322 g/mol. The minimum atomic E-state index is 0.939. The standard InChI is InChI=1S/C10H14Br2N2/c1-14(2)7-6-13-10-8(11)4-3-5-9(10)12/h3-5,13H,6-7H2,1-2H3. The summed E-state index contributed by atoms with van der Waals surface area (Å²) < 4.78 is 2.18. The van der Waals surface area contributed by atoms with E-state index < -0.39 is 0 Å². The molecule has 78 valence electrons. The van der Waals surface area contributed by atoms with Crippen LogP contribution in [0.1, 0.15) is 0 Å². The molecule has 1 aromatic carbocycles. The summed E-state index contributed by atoms with van der Waals surface area (Å²) in [5, 5.41) is 3.38. The smallest absolute Gasteiger partial charge is 0.0629 e. The highest BCUT2D eigenvalue weighted by molar-refractivity contribution is 9.11. The number of likely N-dealkylation sites (N-methyl/N-ethyl adjacent to an activating group) is 1. The molecule has 2 nitrogen and oxygen atoms in total. The SMILES string of the molecule is CN(C)CCNc1c(Br)cccc1Br. The number of anilines is 1. The van der Waals surface area contributed by atoms with E-state index in [9.17, 15) is 0 Å². The van der Waals surface area contributed by atoms with Crippen molar-refractivity contribution in [1.82, 2.24) is 4.90 Å². The number of hydrogen-bond donors (Lipinski definition) is 1. The Bertz CT molecular complexity index is 280.